The van der Waals surface area contributed by atoms with E-state index in [4.69, 9.17) is 0 Å². The highest BCUT2D eigenvalue weighted by Crippen LogP contribution is 2.50. The van der Waals surface area contributed by atoms with Crippen LogP contribution in [0, 0.1) is 41.4 Å². The number of sulfonamides is 1. The first-order valence-electron chi connectivity index (χ1n) is 16.2. The van der Waals surface area contributed by atoms with Gasteiger partial charge in [-0.3, -0.25) is 4.90 Å². The van der Waals surface area contributed by atoms with Gasteiger partial charge in [-0.05, 0) is 93.9 Å². The van der Waals surface area contributed by atoms with Gasteiger partial charge in [0, 0.05) is 38.3 Å². The van der Waals surface area contributed by atoms with Crippen LogP contribution in [0.15, 0.2) is 12.2 Å². The number of hydrogen-bond donors (Lipinski definition) is 1. The van der Waals surface area contributed by atoms with Gasteiger partial charge in [-0.15, -0.1) is 0 Å². The van der Waals surface area contributed by atoms with Crippen LogP contribution in [0.5, 0.6) is 0 Å². The molecule has 0 amide bonds. The normalized spacial score (nSPS) is 44.3. The number of likely N-dealkylation sites (N-methyl/N-ethyl adjacent to an activating group) is 1. The molecule has 1 saturated heterocycles. The molecular weight excluding hydrogens is 554 g/mol. The summed E-state index contributed by atoms with van der Waals surface area (Å²) in [6.07, 6.45) is 5.67. The summed E-state index contributed by atoms with van der Waals surface area (Å²) in [6, 6.07) is 0.306. The monoisotopic (exact) mass is 605 g/mol. The highest BCUT2D eigenvalue weighted by Gasteiger charge is 2.55. The van der Waals surface area contributed by atoms with Gasteiger partial charge in [0.1, 0.15) is 6.17 Å². The lowest BCUT2D eigenvalue weighted by molar-refractivity contribution is -0.180. The predicted molar refractivity (Wildman–Crippen MR) is 155 cm³/mol. The molecule has 2 heterocycles. The van der Waals surface area contributed by atoms with Crippen molar-refractivity contribution in [3.63, 3.8) is 0 Å². The van der Waals surface area contributed by atoms with Crippen LogP contribution in [0.1, 0.15) is 78.1 Å². The predicted octanol–water partition coefficient (Wildman–Crippen LogP) is 6.02. The minimum absolute atomic E-state index is 0.0171. The van der Waals surface area contributed by atoms with Gasteiger partial charge >= 0.3 is 6.18 Å². The zero-order valence-electron chi connectivity index (χ0n) is 25.0. The van der Waals surface area contributed by atoms with Crippen LogP contribution in [-0.2, 0) is 10.0 Å². The number of rotatable bonds is 6. The molecule has 0 radical (unpaired) electrons. The van der Waals surface area contributed by atoms with Crippen LogP contribution in [0.3, 0.4) is 0 Å². The summed E-state index contributed by atoms with van der Waals surface area (Å²) in [5.74, 6) is 0.716. The minimum Gasteiger partial charge on any atom is -0.318 e. The third-order valence-electron chi connectivity index (χ3n) is 12.0. The van der Waals surface area contributed by atoms with Gasteiger partial charge in [-0.2, -0.15) is 17.5 Å². The number of fused-ring (bicyclic) bond motifs is 1. The molecule has 1 N–H and O–H groups in total. The summed E-state index contributed by atoms with van der Waals surface area (Å²) in [5.41, 5.74) is 0. The lowest BCUT2D eigenvalue weighted by Crippen LogP contribution is -2.72. The van der Waals surface area contributed by atoms with Gasteiger partial charge in [0.15, 0.2) is 0 Å². The summed E-state index contributed by atoms with van der Waals surface area (Å²) in [4.78, 5) is 2.37. The Bertz CT molecular complexity index is 1020. The average molecular weight is 606 g/mol. The first kappa shape index (κ1) is 31.7. The van der Waals surface area contributed by atoms with Crippen molar-refractivity contribution in [2.24, 2.45) is 41.4 Å². The van der Waals surface area contributed by atoms with E-state index < -0.39 is 33.5 Å². The van der Waals surface area contributed by atoms with E-state index in [1.54, 1.807) is 0 Å². The molecule has 0 aromatic heterocycles. The van der Waals surface area contributed by atoms with Gasteiger partial charge in [0.05, 0.1) is 11.2 Å². The largest absolute Gasteiger partial charge is 0.393 e. The van der Waals surface area contributed by atoms with Crippen LogP contribution in [0.25, 0.3) is 0 Å². The van der Waals surface area contributed by atoms with E-state index in [0.717, 1.165) is 45.2 Å². The van der Waals surface area contributed by atoms with E-state index in [-0.39, 0.29) is 43.9 Å². The second-order valence-corrected chi connectivity index (χ2v) is 16.1. The van der Waals surface area contributed by atoms with Crippen molar-refractivity contribution < 1.29 is 26.0 Å². The fraction of sp³-hybridized carbons (Fsp3) is 0.935. The zero-order chi connectivity index (χ0) is 29.5. The first-order chi connectivity index (χ1) is 19.4. The Kier molecular flexibility index (Phi) is 9.84. The fourth-order valence-corrected chi connectivity index (χ4v) is 11.8. The molecule has 0 aromatic carbocycles. The lowest BCUT2D eigenvalue weighted by Gasteiger charge is -2.60. The van der Waals surface area contributed by atoms with Crippen molar-refractivity contribution in [3.8, 4) is 0 Å². The molecule has 0 spiro atoms. The zero-order valence-corrected chi connectivity index (χ0v) is 25.9. The van der Waals surface area contributed by atoms with Crippen molar-refractivity contribution in [1.29, 1.82) is 0 Å². The molecule has 5 aliphatic rings. The van der Waals surface area contributed by atoms with E-state index in [1.165, 1.54) is 4.31 Å². The SMILES string of the molecule is CNC[C@@H]1[C@@H](C2CCC(C3CCC(F)C(C)C3C)CC2)C2CN(S(=O)(=O)C3CCCCC3C(F)(F)F)C/C=C\CN21. The molecule has 0 aromatic rings. The van der Waals surface area contributed by atoms with Crippen molar-refractivity contribution in [2.75, 3.05) is 33.2 Å². The van der Waals surface area contributed by atoms with Crippen LogP contribution in [0.4, 0.5) is 17.6 Å². The van der Waals surface area contributed by atoms with Gasteiger partial charge in [-0.25, -0.2) is 12.8 Å². The Morgan fingerprint density at radius 1 is 0.878 bits per heavy atom. The summed E-state index contributed by atoms with van der Waals surface area (Å²) in [6.45, 7) is 6.27. The maximum absolute atomic E-state index is 14.3. The smallest absolute Gasteiger partial charge is 0.318 e. The second kappa shape index (κ2) is 12.7. The molecule has 3 saturated carbocycles. The van der Waals surface area contributed by atoms with E-state index in [1.807, 2.05) is 19.2 Å². The highest BCUT2D eigenvalue weighted by atomic mass is 32.2. The minimum atomic E-state index is -4.50. The number of halogens is 4. The maximum Gasteiger partial charge on any atom is 0.393 e. The first-order valence-corrected chi connectivity index (χ1v) is 17.7. The summed E-state index contributed by atoms with van der Waals surface area (Å²) in [5, 5.41) is 1.95. The molecule has 5 nitrogen and oxygen atoms in total. The van der Waals surface area contributed by atoms with Crippen molar-refractivity contribution in [3.05, 3.63) is 12.2 Å². The average Bonchev–Trinajstić information content (AvgIpc) is 2.92. The third kappa shape index (κ3) is 6.28. The Balaban J connectivity index is 1.31. The number of hydrogen-bond acceptors (Lipinski definition) is 4. The van der Waals surface area contributed by atoms with E-state index in [9.17, 15) is 26.0 Å². The molecule has 3 aliphatic carbocycles. The maximum atomic E-state index is 14.3. The van der Waals surface area contributed by atoms with Crippen molar-refractivity contribution >= 4 is 10.0 Å². The van der Waals surface area contributed by atoms with Crippen molar-refractivity contribution in [2.45, 2.75) is 108 Å². The van der Waals surface area contributed by atoms with Gasteiger partial charge in [-0.1, -0.05) is 38.8 Å². The van der Waals surface area contributed by atoms with E-state index in [2.05, 4.69) is 24.1 Å². The van der Waals surface area contributed by atoms with E-state index in [0.29, 0.717) is 48.9 Å². The van der Waals surface area contributed by atoms with Gasteiger partial charge < -0.3 is 5.32 Å². The molecule has 236 valence electrons. The quantitative estimate of drug-likeness (QED) is 0.297. The third-order valence-corrected chi connectivity index (χ3v) is 14.4. The Morgan fingerprint density at radius 2 is 1.54 bits per heavy atom. The van der Waals surface area contributed by atoms with Crippen LogP contribution < -0.4 is 5.32 Å². The standard InChI is InChI=1S/C31H51F4N3O2S/c1-20-21(2)26(32)15-14-24(20)22-10-12-23(13-11-22)30-27(18-36-3)38-17-7-6-16-37(19-28(30)38)41(39,40)29-9-5-4-8-25(29)31(33,34)35/h6-7,20-30,36H,4-5,8-19H2,1-3H3/b7-6-/t20?,21?,22?,23?,24?,25?,26?,27-,28?,29?,30-/m1/s1. The van der Waals surface area contributed by atoms with Gasteiger partial charge in [0.2, 0.25) is 10.0 Å². The van der Waals surface area contributed by atoms with Crippen LogP contribution in [-0.4, -0.2) is 80.5 Å². The molecule has 9 atom stereocenters. The number of nitrogens with zero attached hydrogens (tertiary/aromatic N) is 2. The van der Waals surface area contributed by atoms with E-state index >= 15 is 0 Å². The molecule has 7 unspecified atom stereocenters. The van der Waals surface area contributed by atoms with Crippen molar-refractivity contribution in [1.82, 2.24) is 14.5 Å². The number of nitrogens with one attached hydrogen (secondary N) is 1. The second-order valence-electron chi connectivity index (χ2n) is 13.9. The number of alkyl halides is 4. The lowest BCUT2D eigenvalue weighted by atomic mass is 9.60. The molecule has 2 aliphatic heterocycles. The molecular formula is C31H51F4N3O2S. The fourth-order valence-electron chi connectivity index (χ4n) is 9.55. The molecule has 4 fully saturated rings. The summed E-state index contributed by atoms with van der Waals surface area (Å²) in [7, 11) is -2.17. The summed E-state index contributed by atoms with van der Waals surface area (Å²) < 4.78 is 85.2. The molecule has 5 rings (SSSR count). The molecule has 10 heteroatoms. The topological polar surface area (TPSA) is 52.7 Å². The Hall–Kier alpha value is -0.710. The molecule has 41 heavy (non-hydrogen) atoms. The Labute approximate surface area is 244 Å². The van der Waals surface area contributed by atoms with Crippen LogP contribution in [0.2, 0.25) is 0 Å². The Morgan fingerprint density at radius 3 is 2.22 bits per heavy atom. The van der Waals surface area contributed by atoms with Gasteiger partial charge in [0.25, 0.3) is 0 Å². The summed E-state index contributed by atoms with van der Waals surface area (Å²) >= 11 is 0. The molecule has 0 bridgehead atoms. The van der Waals surface area contributed by atoms with Crippen LogP contribution >= 0.6 is 0 Å². The highest BCUT2D eigenvalue weighted by molar-refractivity contribution is 7.89.